The van der Waals surface area contributed by atoms with Crippen molar-refractivity contribution in [3.63, 3.8) is 0 Å². The third-order valence-electron chi connectivity index (χ3n) is 3.76. The summed E-state index contributed by atoms with van der Waals surface area (Å²) in [7, 11) is 1.62. The van der Waals surface area contributed by atoms with Crippen molar-refractivity contribution in [3.05, 3.63) is 41.7 Å². The molecule has 1 aromatic carbocycles. The smallest absolute Gasteiger partial charge is 0.130 e. The lowest BCUT2D eigenvalue weighted by Gasteiger charge is -2.29. The van der Waals surface area contributed by atoms with Crippen molar-refractivity contribution in [2.75, 3.05) is 7.11 Å². The summed E-state index contributed by atoms with van der Waals surface area (Å²) in [5, 5.41) is 14.6. The van der Waals surface area contributed by atoms with E-state index in [0.717, 1.165) is 29.8 Å². The number of aromatic nitrogens is 2. The lowest BCUT2D eigenvalue weighted by molar-refractivity contribution is 0.0654. The zero-order chi connectivity index (χ0) is 14.8. The fourth-order valence-electron chi connectivity index (χ4n) is 2.65. The van der Waals surface area contributed by atoms with Crippen LogP contribution in [0.1, 0.15) is 43.1 Å². The molecule has 2 heterocycles. The Labute approximate surface area is 124 Å². The van der Waals surface area contributed by atoms with Crippen molar-refractivity contribution < 1.29 is 14.6 Å². The van der Waals surface area contributed by atoms with Crippen molar-refractivity contribution in [2.45, 2.75) is 38.5 Å². The Morgan fingerprint density at radius 1 is 1.48 bits per heavy atom. The molecule has 1 N–H and O–H groups in total. The number of benzene rings is 1. The van der Waals surface area contributed by atoms with E-state index in [1.54, 1.807) is 7.11 Å². The summed E-state index contributed by atoms with van der Waals surface area (Å²) in [5.41, 5.74) is 1.81. The summed E-state index contributed by atoms with van der Waals surface area (Å²) in [6.07, 6.45) is 4.68. The minimum Gasteiger partial charge on any atom is -0.497 e. The first kappa shape index (κ1) is 13.9. The fourth-order valence-corrected chi connectivity index (χ4v) is 2.65. The predicted molar refractivity (Wildman–Crippen MR) is 78.5 cm³/mol. The van der Waals surface area contributed by atoms with Gasteiger partial charge in [-0.05, 0) is 18.6 Å². The van der Waals surface area contributed by atoms with Gasteiger partial charge < -0.3 is 14.6 Å². The summed E-state index contributed by atoms with van der Waals surface area (Å²) < 4.78 is 13.2. The van der Waals surface area contributed by atoms with Gasteiger partial charge in [0.25, 0.3) is 0 Å². The van der Waals surface area contributed by atoms with E-state index < -0.39 is 6.10 Å². The van der Waals surface area contributed by atoms with Crippen LogP contribution in [0.4, 0.5) is 0 Å². The van der Waals surface area contributed by atoms with Crippen LogP contribution in [0, 0.1) is 0 Å². The Morgan fingerprint density at radius 2 is 2.33 bits per heavy atom. The molecule has 3 rings (SSSR count). The molecule has 112 valence electrons. The minimum absolute atomic E-state index is 0.176. The van der Waals surface area contributed by atoms with E-state index in [4.69, 9.17) is 9.47 Å². The van der Waals surface area contributed by atoms with E-state index in [-0.39, 0.29) is 6.10 Å². The Balaban J connectivity index is 1.85. The zero-order valence-corrected chi connectivity index (χ0v) is 12.3. The van der Waals surface area contributed by atoms with E-state index in [0.29, 0.717) is 12.2 Å². The summed E-state index contributed by atoms with van der Waals surface area (Å²) >= 11 is 0. The van der Waals surface area contributed by atoms with Crippen LogP contribution in [-0.2, 0) is 6.54 Å². The van der Waals surface area contributed by atoms with Crippen LogP contribution in [0.5, 0.6) is 11.5 Å². The number of ether oxygens (including phenoxy) is 2. The minimum atomic E-state index is -0.529. The molecule has 5 nitrogen and oxygen atoms in total. The first-order chi connectivity index (χ1) is 10.2. The molecule has 5 heteroatoms. The summed E-state index contributed by atoms with van der Waals surface area (Å²) in [4.78, 5) is 0. The highest BCUT2D eigenvalue weighted by Crippen LogP contribution is 2.42. The maximum absolute atomic E-state index is 10.3. The average molecular weight is 288 g/mol. The number of aliphatic hydroxyl groups excluding tert-OH is 1. The largest absolute Gasteiger partial charge is 0.497 e. The molecule has 0 saturated heterocycles. The fraction of sp³-hybridized carbons (Fsp3) is 0.438. The Hall–Kier alpha value is -2.01. The molecule has 1 aromatic heterocycles. The number of rotatable bonds is 4. The lowest BCUT2D eigenvalue weighted by atomic mass is 9.96. The second kappa shape index (κ2) is 5.77. The molecule has 2 atom stereocenters. The SMILES string of the molecule is CCCn1cc(C2C[C@@H](O)c3ccc(OC)cc3O2)cn1. The standard InChI is InChI=1S/C16H20N2O3/c1-3-6-18-10-11(9-17-18)15-8-14(19)13-5-4-12(20-2)7-16(13)21-15/h4-5,7,9-10,14-15,19H,3,6,8H2,1-2H3/t14-,15?/m1/s1. The number of aliphatic hydroxyl groups is 1. The highest BCUT2D eigenvalue weighted by molar-refractivity contribution is 5.43. The molecule has 21 heavy (non-hydrogen) atoms. The second-order valence-corrected chi connectivity index (χ2v) is 5.30. The summed E-state index contributed by atoms with van der Waals surface area (Å²) in [6.45, 7) is 3.00. The first-order valence-corrected chi connectivity index (χ1v) is 7.26. The van der Waals surface area contributed by atoms with Gasteiger partial charge in [-0.2, -0.15) is 5.10 Å². The van der Waals surface area contributed by atoms with Crippen LogP contribution in [0.2, 0.25) is 0 Å². The quantitative estimate of drug-likeness (QED) is 0.940. The van der Waals surface area contributed by atoms with Crippen LogP contribution in [0.15, 0.2) is 30.6 Å². The molecule has 1 aliphatic rings. The van der Waals surface area contributed by atoms with Gasteiger partial charge in [0, 0.05) is 36.4 Å². The second-order valence-electron chi connectivity index (χ2n) is 5.30. The van der Waals surface area contributed by atoms with Crippen molar-refractivity contribution in [1.29, 1.82) is 0 Å². The number of nitrogens with zero attached hydrogens (tertiary/aromatic N) is 2. The molecule has 0 amide bonds. The lowest BCUT2D eigenvalue weighted by Crippen LogP contribution is -2.18. The van der Waals surface area contributed by atoms with Crippen LogP contribution in [0.3, 0.4) is 0 Å². The molecule has 0 fully saturated rings. The van der Waals surface area contributed by atoms with Crippen molar-refractivity contribution in [1.82, 2.24) is 9.78 Å². The van der Waals surface area contributed by atoms with Crippen LogP contribution >= 0.6 is 0 Å². The van der Waals surface area contributed by atoms with E-state index in [1.807, 2.05) is 35.3 Å². The average Bonchev–Trinajstić information content (AvgIpc) is 2.95. The number of methoxy groups -OCH3 is 1. The summed E-state index contributed by atoms with van der Waals surface area (Å²) in [5.74, 6) is 1.41. The maximum Gasteiger partial charge on any atom is 0.130 e. The van der Waals surface area contributed by atoms with E-state index in [2.05, 4.69) is 12.0 Å². The van der Waals surface area contributed by atoms with Gasteiger partial charge in [0.15, 0.2) is 0 Å². The molecule has 2 aromatic rings. The highest BCUT2D eigenvalue weighted by atomic mass is 16.5. The molecule has 0 bridgehead atoms. The van der Waals surface area contributed by atoms with E-state index >= 15 is 0 Å². The van der Waals surface area contributed by atoms with Gasteiger partial charge in [-0.1, -0.05) is 6.92 Å². The number of hydrogen-bond acceptors (Lipinski definition) is 4. The van der Waals surface area contributed by atoms with Gasteiger partial charge >= 0.3 is 0 Å². The van der Waals surface area contributed by atoms with Crippen LogP contribution < -0.4 is 9.47 Å². The van der Waals surface area contributed by atoms with Crippen LogP contribution in [-0.4, -0.2) is 22.0 Å². The molecular weight excluding hydrogens is 268 g/mol. The number of hydrogen-bond donors (Lipinski definition) is 1. The third kappa shape index (κ3) is 2.74. The summed E-state index contributed by atoms with van der Waals surface area (Å²) in [6, 6.07) is 5.52. The van der Waals surface area contributed by atoms with Gasteiger partial charge in [0.05, 0.1) is 19.4 Å². The van der Waals surface area contributed by atoms with Gasteiger partial charge in [0.1, 0.15) is 17.6 Å². The molecule has 1 unspecified atom stereocenters. The van der Waals surface area contributed by atoms with Gasteiger partial charge in [-0.3, -0.25) is 4.68 Å². The predicted octanol–water partition coefficient (Wildman–Crippen LogP) is 2.86. The molecule has 0 radical (unpaired) electrons. The normalized spacial score (nSPS) is 20.7. The van der Waals surface area contributed by atoms with E-state index in [1.165, 1.54) is 0 Å². The molecule has 1 aliphatic heterocycles. The van der Waals surface area contributed by atoms with E-state index in [9.17, 15) is 5.11 Å². The Bertz CT molecular complexity index is 624. The first-order valence-electron chi connectivity index (χ1n) is 7.26. The maximum atomic E-state index is 10.3. The van der Waals surface area contributed by atoms with Gasteiger partial charge in [-0.25, -0.2) is 0 Å². The highest BCUT2D eigenvalue weighted by Gasteiger charge is 2.29. The third-order valence-corrected chi connectivity index (χ3v) is 3.76. The topological polar surface area (TPSA) is 56.5 Å². The molecule has 0 spiro atoms. The molecule has 0 aliphatic carbocycles. The number of aryl methyl sites for hydroxylation is 1. The number of fused-ring (bicyclic) bond motifs is 1. The molecular formula is C16H20N2O3. The van der Waals surface area contributed by atoms with Gasteiger partial charge in [-0.15, -0.1) is 0 Å². The van der Waals surface area contributed by atoms with Crippen molar-refractivity contribution in [3.8, 4) is 11.5 Å². The zero-order valence-electron chi connectivity index (χ0n) is 12.3. The monoisotopic (exact) mass is 288 g/mol. The van der Waals surface area contributed by atoms with Crippen molar-refractivity contribution >= 4 is 0 Å². The van der Waals surface area contributed by atoms with Crippen molar-refractivity contribution in [2.24, 2.45) is 0 Å². The van der Waals surface area contributed by atoms with Gasteiger partial charge in [0.2, 0.25) is 0 Å². The Morgan fingerprint density at radius 3 is 3.10 bits per heavy atom. The molecule has 0 saturated carbocycles. The Kier molecular flexibility index (Phi) is 3.84. The van der Waals surface area contributed by atoms with Crippen LogP contribution in [0.25, 0.3) is 0 Å².